The minimum Gasteiger partial charge on any atom is -0.382 e. The number of carbonyl (C=O) groups is 1. The molecule has 0 atom stereocenters. The van der Waals surface area contributed by atoms with E-state index in [1.54, 1.807) is 13.8 Å². The molecule has 0 aliphatic heterocycles. The predicted molar refractivity (Wildman–Crippen MR) is 70.8 cm³/mol. The van der Waals surface area contributed by atoms with Crippen molar-refractivity contribution in [2.45, 2.75) is 23.6 Å². The number of carbonyl (C=O) groups excluding carboxylic acids is 1. The minimum absolute atomic E-state index is 0.0427. The van der Waals surface area contributed by atoms with Crippen LogP contribution in [0.5, 0.6) is 0 Å². The Bertz CT molecular complexity index is 536. The van der Waals surface area contributed by atoms with E-state index in [0.717, 1.165) is 11.3 Å². The minimum atomic E-state index is -3.78. The highest BCUT2D eigenvalue weighted by atomic mass is 35.7. The van der Waals surface area contributed by atoms with Gasteiger partial charge in [0, 0.05) is 23.2 Å². The van der Waals surface area contributed by atoms with E-state index in [9.17, 15) is 13.2 Å². The summed E-state index contributed by atoms with van der Waals surface area (Å²) in [6, 6.07) is 1.26. The van der Waals surface area contributed by atoms with Gasteiger partial charge in [-0.25, -0.2) is 8.42 Å². The van der Waals surface area contributed by atoms with Gasteiger partial charge in [0.2, 0.25) is 0 Å². The molecule has 0 unspecified atom stereocenters. The molecule has 5 nitrogen and oxygen atoms in total. The van der Waals surface area contributed by atoms with E-state index in [4.69, 9.17) is 15.4 Å². The zero-order valence-electron chi connectivity index (χ0n) is 10.2. The topological polar surface area (TPSA) is 72.5 Å². The summed E-state index contributed by atoms with van der Waals surface area (Å²) in [4.78, 5) is 11.9. The molecule has 0 saturated heterocycles. The lowest BCUT2D eigenvalue weighted by Gasteiger charge is -2.24. The molecule has 0 aliphatic carbocycles. The summed E-state index contributed by atoms with van der Waals surface area (Å²) in [6.07, 6.45) is 0. The number of thiophene rings is 1. The van der Waals surface area contributed by atoms with Crippen LogP contribution in [-0.2, 0) is 13.8 Å². The molecule has 1 N–H and O–H groups in total. The lowest BCUT2D eigenvalue weighted by Crippen LogP contribution is -2.46. The Morgan fingerprint density at radius 2 is 2.17 bits per heavy atom. The molecular weight excluding hydrogens is 298 g/mol. The maximum absolute atomic E-state index is 11.9. The van der Waals surface area contributed by atoms with Crippen LogP contribution in [0.3, 0.4) is 0 Å². The Hall–Kier alpha value is -0.630. The Morgan fingerprint density at radius 3 is 2.61 bits per heavy atom. The first-order valence-corrected chi connectivity index (χ1v) is 8.19. The molecule has 1 amide bonds. The lowest BCUT2D eigenvalue weighted by molar-refractivity contribution is 0.0820. The highest BCUT2D eigenvalue weighted by Crippen LogP contribution is 2.23. The van der Waals surface area contributed by atoms with E-state index < -0.39 is 14.6 Å². The highest BCUT2D eigenvalue weighted by molar-refractivity contribution is 8.15. The van der Waals surface area contributed by atoms with Crippen LogP contribution in [0.25, 0.3) is 0 Å². The van der Waals surface area contributed by atoms with Crippen LogP contribution in [-0.4, -0.2) is 33.6 Å². The Balaban J connectivity index is 2.83. The standard InChI is InChI=1S/C10H14ClNO4S2/c1-10(2,6-16-3)12-9(13)7-4-8(17-5-7)18(11,14)15/h4-5H,6H2,1-3H3,(H,12,13). The third-order valence-corrected chi connectivity index (χ3v) is 5.08. The van der Waals surface area contributed by atoms with Gasteiger partial charge < -0.3 is 10.1 Å². The Morgan fingerprint density at radius 1 is 1.56 bits per heavy atom. The lowest BCUT2D eigenvalue weighted by atomic mass is 10.1. The van der Waals surface area contributed by atoms with Gasteiger partial charge in [-0.15, -0.1) is 11.3 Å². The third kappa shape index (κ3) is 4.24. The summed E-state index contributed by atoms with van der Waals surface area (Å²) in [5.74, 6) is -0.361. The number of amides is 1. The molecule has 0 spiro atoms. The maximum Gasteiger partial charge on any atom is 0.270 e. The molecule has 1 aromatic heterocycles. The van der Waals surface area contributed by atoms with E-state index in [0.29, 0.717) is 6.61 Å². The molecule has 0 bridgehead atoms. The molecule has 0 fully saturated rings. The second-order valence-electron chi connectivity index (χ2n) is 4.36. The Kier molecular flexibility index (Phi) is 4.77. The summed E-state index contributed by atoms with van der Waals surface area (Å²) < 4.78 is 27.1. The van der Waals surface area contributed by atoms with Gasteiger partial charge in [0.25, 0.3) is 15.0 Å². The number of methoxy groups -OCH3 is 1. The fourth-order valence-corrected chi connectivity index (χ4v) is 3.29. The van der Waals surface area contributed by atoms with Gasteiger partial charge in [-0.3, -0.25) is 4.79 Å². The summed E-state index contributed by atoms with van der Waals surface area (Å²) >= 11 is 0.912. The van der Waals surface area contributed by atoms with E-state index in [1.807, 2.05) is 0 Å². The number of hydrogen-bond donors (Lipinski definition) is 1. The summed E-state index contributed by atoms with van der Waals surface area (Å²) in [5.41, 5.74) is -0.267. The van der Waals surface area contributed by atoms with Crippen molar-refractivity contribution < 1.29 is 17.9 Å². The largest absolute Gasteiger partial charge is 0.382 e. The average molecular weight is 312 g/mol. The predicted octanol–water partition coefficient (Wildman–Crippen LogP) is 1.83. The fourth-order valence-electron chi connectivity index (χ4n) is 1.34. The molecule has 0 aliphatic rings. The molecule has 0 saturated carbocycles. The van der Waals surface area contributed by atoms with Crippen LogP contribution < -0.4 is 5.32 Å². The molecule has 1 heterocycles. The van der Waals surface area contributed by atoms with E-state index in [-0.39, 0.29) is 15.7 Å². The quantitative estimate of drug-likeness (QED) is 0.842. The van der Waals surface area contributed by atoms with Crippen molar-refractivity contribution in [1.29, 1.82) is 0 Å². The number of ether oxygens (including phenoxy) is 1. The summed E-state index contributed by atoms with van der Waals surface area (Å²) in [7, 11) is 2.95. The van der Waals surface area contributed by atoms with Crippen LogP contribution in [0.15, 0.2) is 15.7 Å². The van der Waals surface area contributed by atoms with Crippen molar-refractivity contribution in [2.24, 2.45) is 0 Å². The fraction of sp³-hybridized carbons (Fsp3) is 0.500. The van der Waals surface area contributed by atoms with E-state index in [1.165, 1.54) is 18.6 Å². The van der Waals surface area contributed by atoms with Crippen molar-refractivity contribution in [3.8, 4) is 0 Å². The molecule has 8 heteroatoms. The second kappa shape index (κ2) is 5.56. The van der Waals surface area contributed by atoms with Gasteiger partial charge in [0.05, 0.1) is 17.7 Å². The molecule has 1 aromatic rings. The highest BCUT2D eigenvalue weighted by Gasteiger charge is 2.23. The summed E-state index contributed by atoms with van der Waals surface area (Å²) in [5, 5.41) is 4.19. The number of hydrogen-bond acceptors (Lipinski definition) is 5. The van der Waals surface area contributed by atoms with Gasteiger partial charge in [0.15, 0.2) is 0 Å². The first-order valence-electron chi connectivity index (χ1n) is 5.00. The van der Waals surface area contributed by atoms with Crippen LogP contribution >= 0.6 is 22.0 Å². The molecule has 0 radical (unpaired) electrons. The second-order valence-corrected chi connectivity index (χ2v) is 8.07. The smallest absolute Gasteiger partial charge is 0.270 e. The average Bonchev–Trinajstić information content (AvgIpc) is 2.63. The van der Waals surface area contributed by atoms with Gasteiger partial charge in [-0.1, -0.05) is 0 Å². The van der Waals surface area contributed by atoms with Crippen molar-refractivity contribution >= 4 is 37.0 Å². The first-order chi connectivity index (χ1) is 8.15. The van der Waals surface area contributed by atoms with Crippen LogP contribution in [0.2, 0.25) is 0 Å². The van der Waals surface area contributed by atoms with Gasteiger partial charge in [0.1, 0.15) is 4.21 Å². The SMILES string of the molecule is COCC(C)(C)NC(=O)c1csc(S(=O)(=O)Cl)c1. The van der Waals surface area contributed by atoms with Gasteiger partial charge in [-0.2, -0.15) is 0 Å². The third-order valence-electron chi connectivity index (χ3n) is 2.03. The number of rotatable bonds is 5. The van der Waals surface area contributed by atoms with E-state index >= 15 is 0 Å². The zero-order chi connectivity index (χ0) is 14.0. The molecular formula is C10H14ClNO4S2. The van der Waals surface area contributed by atoms with E-state index in [2.05, 4.69) is 5.32 Å². The van der Waals surface area contributed by atoms with Crippen LogP contribution in [0, 0.1) is 0 Å². The molecule has 102 valence electrons. The van der Waals surface area contributed by atoms with Crippen molar-refractivity contribution in [2.75, 3.05) is 13.7 Å². The molecule has 18 heavy (non-hydrogen) atoms. The Labute approximate surface area is 115 Å². The van der Waals surface area contributed by atoms with Crippen LogP contribution in [0.4, 0.5) is 0 Å². The van der Waals surface area contributed by atoms with Gasteiger partial charge in [-0.05, 0) is 19.9 Å². The number of nitrogens with one attached hydrogen (secondary N) is 1. The number of halogens is 1. The molecule has 1 rings (SSSR count). The first kappa shape index (κ1) is 15.4. The monoisotopic (exact) mass is 311 g/mol. The zero-order valence-corrected chi connectivity index (χ0v) is 12.6. The van der Waals surface area contributed by atoms with Crippen molar-refractivity contribution in [3.63, 3.8) is 0 Å². The summed E-state index contributed by atoms with van der Waals surface area (Å²) in [6.45, 7) is 3.96. The van der Waals surface area contributed by atoms with Crippen LogP contribution in [0.1, 0.15) is 24.2 Å². The van der Waals surface area contributed by atoms with Gasteiger partial charge >= 0.3 is 0 Å². The van der Waals surface area contributed by atoms with Crippen molar-refractivity contribution in [3.05, 3.63) is 17.0 Å². The normalized spacial score (nSPS) is 12.4. The maximum atomic E-state index is 11.9. The van der Waals surface area contributed by atoms with Crippen molar-refractivity contribution in [1.82, 2.24) is 5.32 Å². The molecule has 0 aromatic carbocycles.